The Labute approximate surface area is 225 Å². The van der Waals surface area contributed by atoms with Crippen LogP contribution in [0.3, 0.4) is 0 Å². The summed E-state index contributed by atoms with van der Waals surface area (Å²) in [5, 5.41) is 15.9. The van der Waals surface area contributed by atoms with Crippen molar-refractivity contribution < 1.29 is 4.39 Å². The highest BCUT2D eigenvalue weighted by atomic mass is 79.9. The third kappa shape index (κ3) is 4.56. The molecule has 1 unspecified atom stereocenters. The Morgan fingerprint density at radius 1 is 1.11 bits per heavy atom. The molecule has 3 atom stereocenters. The smallest absolute Gasteiger partial charge is 0.265 e. The highest BCUT2D eigenvalue weighted by Gasteiger charge is 2.34. The quantitative estimate of drug-likeness (QED) is 0.209. The molecular weight excluding hydrogens is 549 g/mol. The molecule has 0 bridgehead atoms. The molecule has 0 radical (unpaired) electrons. The van der Waals surface area contributed by atoms with Gasteiger partial charge in [-0.25, -0.2) is 9.38 Å². The first kappa shape index (κ1) is 24.3. The van der Waals surface area contributed by atoms with Crippen molar-refractivity contribution in [3.05, 3.63) is 111 Å². The molecule has 2 aromatic heterocycles. The van der Waals surface area contributed by atoms with Gasteiger partial charge in [-0.15, -0.1) is 0 Å². The number of halogens is 2. The van der Waals surface area contributed by atoms with E-state index in [1.807, 2.05) is 59.2 Å². The molecule has 1 aliphatic heterocycles. The number of hydrogen-bond donors (Lipinski definition) is 4. The summed E-state index contributed by atoms with van der Waals surface area (Å²) >= 11 is 3.71. The van der Waals surface area contributed by atoms with Crippen LogP contribution in [-0.2, 0) is 0 Å². The summed E-state index contributed by atoms with van der Waals surface area (Å²) < 4.78 is 15.1. The summed E-state index contributed by atoms with van der Waals surface area (Å²) in [6.07, 6.45) is 4.16. The largest absolute Gasteiger partial charge is 0.355 e. The predicted octanol–water partition coefficient (Wildman–Crippen LogP) is 3.44. The lowest BCUT2D eigenvalue weighted by molar-refractivity contribution is 0.475. The maximum atomic E-state index is 13.3. The number of fused-ring (bicyclic) bond motifs is 3. The van der Waals surface area contributed by atoms with Crippen LogP contribution in [0, 0.1) is 11.2 Å². The normalized spacial score (nSPS) is 19.2. The molecule has 0 spiro atoms. The third-order valence-corrected chi connectivity index (χ3v) is 7.77. The first-order valence-electron chi connectivity index (χ1n) is 12.4. The molecule has 2 aromatic carbocycles. The summed E-state index contributed by atoms with van der Waals surface area (Å²) in [6.45, 7) is 0. The minimum absolute atomic E-state index is 0.0958. The molecule has 0 saturated heterocycles. The zero-order chi connectivity index (χ0) is 26.2. The van der Waals surface area contributed by atoms with Crippen LogP contribution in [0.5, 0.6) is 0 Å². The Morgan fingerprint density at radius 2 is 1.89 bits per heavy atom. The van der Waals surface area contributed by atoms with E-state index in [2.05, 4.69) is 41.5 Å². The number of nitrogens with one attached hydrogen (secondary N) is 4. The molecule has 2 aliphatic rings. The second-order valence-electron chi connectivity index (χ2n) is 9.42. The van der Waals surface area contributed by atoms with E-state index in [-0.39, 0.29) is 39.1 Å². The lowest BCUT2D eigenvalue weighted by Gasteiger charge is -2.20. The number of para-hydroxylation sites is 1. The number of H-pyrrole nitrogens is 1. The summed E-state index contributed by atoms with van der Waals surface area (Å²) in [5.41, 5.74) is 3.42. The van der Waals surface area contributed by atoms with Gasteiger partial charge in [0.2, 0.25) is 5.62 Å². The monoisotopic (exact) mass is 573 g/mol. The van der Waals surface area contributed by atoms with E-state index >= 15 is 0 Å². The number of benzene rings is 2. The van der Waals surface area contributed by atoms with E-state index < -0.39 is 0 Å². The second kappa shape index (κ2) is 10.0. The van der Waals surface area contributed by atoms with Crippen molar-refractivity contribution in [2.24, 2.45) is 4.99 Å². The van der Waals surface area contributed by atoms with Gasteiger partial charge in [-0.3, -0.25) is 24.7 Å². The fraction of sp³-hybridized carbons (Fsp3) is 0.214. The third-order valence-electron chi connectivity index (χ3n) is 7.01. The van der Waals surface area contributed by atoms with Crippen LogP contribution in [0.15, 0.2) is 82.7 Å². The maximum Gasteiger partial charge on any atom is 0.265 e. The number of nitrogens with zero attached hydrogens (tertiary/aromatic N) is 3. The van der Waals surface area contributed by atoms with Gasteiger partial charge in [0.25, 0.3) is 5.56 Å². The van der Waals surface area contributed by atoms with Gasteiger partial charge >= 0.3 is 0 Å². The van der Waals surface area contributed by atoms with Crippen LogP contribution in [0.25, 0.3) is 17.1 Å². The van der Waals surface area contributed by atoms with E-state index in [0.717, 1.165) is 36.1 Å². The van der Waals surface area contributed by atoms with E-state index in [9.17, 15) is 9.18 Å². The zero-order valence-corrected chi connectivity index (χ0v) is 21.9. The molecule has 0 amide bonds. The van der Waals surface area contributed by atoms with Crippen LogP contribution >= 0.6 is 15.9 Å². The van der Waals surface area contributed by atoms with Gasteiger partial charge in [0.1, 0.15) is 27.3 Å². The molecule has 10 heteroatoms. The fourth-order valence-corrected chi connectivity index (χ4v) is 5.69. The predicted molar refractivity (Wildman–Crippen MR) is 146 cm³/mol. The van der Waals surface area contributed by atoms with Gasteiger partial charge < -0.3 is 10.6 Å². The number of alkyl halides is 1. The molecule has 1 saturated carbocycles. The average Bonchev–Trinajstić information content (AvgIpc) is 3.51. The van der Waals surface area contributed by atoms with Crippen molar-refractivity contribution in [3.8, 4) is 11.3 Å². The molecular formula is C28H25BrFN7O. The highest BCUT2D eigenvalue weighted by Crippen LogP contribution is 2.32. The summed E-state index contributed by atoms with van der Waals surface area (Å²) in [7, 11) is 0. The Bertz CT molecular complexity index is 1720. The van der Waals surface area contributed by atoms with Gasteiger partial charge in [0, 0.05) is 11.3 Å². The molecule has 6 rings (SSSR count). The Morgan fingerprint density at radius 3 is 2.63 bits per heavy atom. The first-order chi connectivity index (χ1) is 18.5. The van der Waals surface area contributed by atoms with Gasteiger partial charge in [0.15, 0.2) is 0 Å². The molecule has 4 aromatic rings. The zero-order valence-electron chi connectivity index (χ0n) is 20.3. The van der Waals surface area contributed by atoms with Crippen LogP contribution in [0.1, 0.15) is 35.8 Å². The van der Waals surface area contributed by atoms with Gasteiger partial charge in [-0.05, 0) is 49.1 Å². The second-order valence-corrected chi connectivity index (χ2v) is 10.3. The Hall–Kier alpha value is -4.05. The average molecular weight is 574 g/mol. The number of pyridine rings is 1. The van der Waals surface area contributed by atoms with Crippen LogP contribution in [0.4, 0.5) is 10.1 Å². The number of anilines is 1. The van der Waals surface area contributed by atoms with E-state index in [4.69, 9.17) is 5.41 Å². The van der Waals surface area contributed by atoms with Crippen LogP contribution in [-0.4, -0.2) is 20.6 Å². The molecule has 3 heterocycles. The molecule has 1 fully saturated rings. The van der Waals surface area contributed by atoms with Crippen molar-refractivity contribution >= 4 is 27.4 Å². The highest BCUT2D eigenvalue weighted by molar-refractivity contribution is 9.09. The molecule has 192 valence electrons. The molecule has 1 aliphatic carbocycles. The van der Waals surface area contributed by atoms with Gasteiger partial charge in [0.05, 0.1) is 24.0 Å². The summed E-state index contributed by atoms with van der Waals surface area (Å²) in [4.78, 5) is 24.6. The minimum Gasteiger partial charge on any atom is -0.355 e. The van der Waals surface area contributed by atoms with Crippen molar-refractivity contribution in [2.45, 2.75) is 36.3 Å². The van der Waals surface area contributed by atoms with Crippen LogP contribution in [0.2, 0.25) is 0 Å². The molecule has 38 heavy (non-hydrogen) atoms. The van der Waals surface area contributed by atoms with Crippen molar-refractivity contribution in [3.63, 3.8) is 0 Å². The number of aromatic amines is 1. The Balaban J connectivity index is 1.40. The fourth-order valence-electron chi connectivity index (χ4n) is 5.15. The summed E-state index contributed by atoms with van der Waals surface area (Å²) in [5.74, 6) is 0.0278. The van der Waals surface area contributed by atoms with Crippen molar-refractivity contribution in [2.75, 3.05) is 5.32 Å². The maximum absolute atomic E-state index is 13.3. The number of aromatic nitrogens is 3. The topological polar surface area (TPSA) is 111 Å². The Kier molecular flexibility index (Phi) is 6.40. The van der Waals surface area contributed by atoms with E-state index in [1.165, 1.54) is 12.3 Å². The lowest BCUT2D eigenvalue weighted by atomic mass is 10.1. The standard InChI is InChI=1S/C28H25BrFN7O/c29-24(17-11-9-16(10-12-17)20-14-13-18(30)15-32-20)35-26(33-19-5-2-1-3-6-19)23-25(31)37-22-8-4-7-21(22)34-28(37)36-27(23)38/h1-3,5-6,9-15,21-22,24,31,33,35H,4,7-8H2,(H,34,36,38)/b26-23+,31-25?/t21-,22+,24?/m1/s1. The SMILES string of the molecule is N=c1/c(=C(/Nc2ccccc2)NC(Br)c2ccc(-c3ccc(F)cn3)cc2)c(=O)[nH]c2n1[C@H]1CCC[C@H]1N=2. The van der Waals surface area contributed by atoms with Crippen LogP contribution < -0.4 is 32.5 Å². The molecule has 4 N–H and O–H groups in total. The number of rotatable bonds is 6. The van der Waals surface area contributed by atoms with E-state index in [0.29, 0.717) is 17.1 Å². The number of hydrogen-bond acceptors (Lipinski definition) is 6. The molecule has 8 nitrogen and oxygen atoms in total. The van der Waals surface area contributed by atoms with E-state index in [1.54, 1.807) is 6.07 Å². The lowest BCUT2D eigenvalue weighted by Crippen LogP contribution is -2.56. The first-order valence-corrected chi connectivity index (χ1v) is 13.4. The minimum atomic E-state index is -0.384. The van der Waals surface area contributed by atoms with Crippen molar-refractivity contribution in [1.82, 2.24) is 19.9 Å². The van der Waals surface area contributed by atoms with Gasteiger partial charge in [-0.1, -0.05) is 58.4 Å². The summed E-state index contributed by atoms with van der Waals surface area (Å²) in [6, 6.07) is 20.4. The van der Waals surface area contributed by atoms with Gasteiger partial charge in [-0.2, -0.15) is 0 Å². The van der Waals surface area contributed by atoms with Crippen molar-refractivity contribution in [1.29, 1.82) is 5.41 Å².